The highest BCUT2D eigenvalue weighted by molar-refractivity contribution is 7.86. The quantitative estimate of drug-likeness (QED) is 0.346. The topological polar surface area (TPSA) is 131 Å². The lowest BCUT2D eigenvalue weighted by Gasteiger charge is -2.42. The number of carbonyl (C=O) groups is 3. The Labute approximate surface area is 198 Å². The first-order chi connectivity index (χ1) is 15.6. The second kappa shape index (κ2) is 10.3. The summed E-state index contributed by atoms with van der Waals surface area (Å²) in [4.78, 5) is 40.0. The smallest absolute Gasteiger partial charge is 0.319 e. The van der Waals surface area contributed by atoms with Crippen molar-refractivity contribution in [3.63, 3.8) is 0 Å². The number of piperazine rings is 1. The maximum Gasteiger partial charge on any atom is 0.319 e. The zero-order valence-electron chi connectivity index (χ0n) is 18.5. The number of Topliss-reactive ketones (excluding diaryl/α,β-unsaturated/α-hetero) is 1. The van der Waals surface area contributed by atoms with Crippen LogP contribution in [-0.2, 0) is 15.0 Å². The number of hydrogen-bond donors (Lipinski definition) is 2. The average molecular weight is 502 g/mol. The summed E-state index contributed by atoms with van der Waals surface area (Å²) in [5.41, 5.74) is 2.03. The Bertz CT molecular complexity index is 995. The van der Waals surface area contributed by atoms with Crippen LogP contribution in [0.25, 0.3) is 0 Å². The Morgan fingerprint density at radius 3 is 2.21 bits per heavy atom. The van der Waals surface area contributed by atoms with E-state index in [0.29, 0.717) is 23.4 Å². The molecule has 3 rings (SSSR count). The van der Waals surface area contributed by atoms with Crippen LogP contribution >= 0.6 is 11.6 Å². The Balaban J connectivity index is 1.70. The van der Waals surface area contributed by atoms with Gasteiger partial charge in [0.2, 0.25) is 0 Å². The molecular weight excluding hydrogens is 474 g/mol. The minimum atomic E-state index is -4.06. The number of amides is 3. The number of rotatable bonds is 5. The SMILES string of the molecule is CN(C)C(=O)N1CCN(S(=O)(=O)N2CCC(C(=O)c3ccc(Cl)cc3)CC2)[C@@H](C(=O)NO)C1. The lowest BCUT2D eigenvalue weighted by molar-refractivity contribution is -0.134. The van der Waals surface area contributed by atoms with Gasteiger partial charge in [0.25, 0.3) is 16.1 Å². The van der Waals surface area contributed by atoms with E-state index in [1.807, 2.05) is 0 Å². The summed E-state index contributed by atoms with van der Waals surface area (Å²) in [6, 6.07) is 4.96. The number of hydrogen-bond acceptors (Lipinski definition) is 6. The first-order valence-electron chi connectivity index (χ1n) is 10.5. The van der Waals surface area contributed by atoms with Gasteiger partial charge in [-0.3, -0.25) is 14.8 Å². The summed E-state index contributed by atoms with van der Waals surface area (Å²) < 4.78 is 28.9. The summed E-state index contributed by atoms with van der Waals surface area (Å²) in [5.74, 6) is -1.29. The maximum atomic E-state index is 13.3. The van der Waals surface area contributed by atoms with Crippen LogP contribution in [0.15, 0.2) is 24.3 Å². The van der Waals surface area contributed by atoms with Gasteiger partial charge in [-0.25, -0.2) is 10.3 Å². The number of ketones is 1. The molecule has 2 aliphatic rings. The van der Waals surface area contributed by atoms with Crippen molar-refractivity contribution in [2.45, 2.75) is 18.9 Å². The molecule has 0 bridgehead atoms. The first-order valence-corrected chi connectivity index (χ1v) is 12.3. The summed E-state index contributed by atoms with van der Waals surface area (Å²) in [6.45, 7) is 0.0715. The molecule has 1 aromatic rings. The molecule has 11 nitrogen and oxygen atoms in total. The maximum absolute atomic E-state index is 13.3. The molecule has 2 heterocycles. The molecule has 182 valence electrons. The van der Waals surface area contributed by atoms with Gasteiger partial charge < -0.3 is 9.80 Å². The van der Waals surface area contributed by atoms with Gasteiger partial charge >= 0.3 is 6.03 Å². The predicted octanol–water partition coefficient (Wildman–Crippen LogP) is 0.653. The van der Waals surface area contributed by atoms with Gasteiger partial charge in [0.1, 0.15) is 6.04 Å². The summed E-state index contributed by atoms with van der Waals surface area (Å²) >= 11 is 5.87. The lowest BCUT2D eigenvalue weighted by atomic mass is 9.90. The molecule has 0 unspecified atom stereocenters. The van der Waals surface area contributed by atoms with E-state index in [9.17, 15) is 22.8 Å². The van der Waals surface area contributed by atoms with Crippen LogP contribution in [-0.4, -0.2) is 103 Å². The highest BCUT2D eigenvalue weighted by Crippen LogP contribution is 2.27. The third kappa shape index (κ3) is 5.46. The van der Waals surface area contributed by atoms with Gasteiger partial charge in [-0.1, -0.05) is 11.6 Å². The number of piperidine rings is 1. The molecule has 13 heteroatoms. The Kier molecular flexibility index (Phi) is 7.96. The van der Waals surface area contributed by atoms with Crippen LogP contribution in [0.5, 0.6) is 0 Å². The van der Waals surface area contributed by atoms with Crippen molar-refractivity contribution >= 4 is 39.5 Å². The third-order valence-electron chi connectivity index (χ3n) is 5.97. The fraction of sp³-hybridized carbons (Fsp3) is 0.550. The molecule has 3 amide bonds. The van der Waals surface area contributed by atoms with Crippen molar-refractivity contribution in [3.05, 3.63) is 34.9 Å². The number of carbonyl (C=O) groups excluding carboxylic acids is 3. The van der Waals surface area contributed by atoms with Crippen molar-refractivity contribution in [2.75, 3.05) is 46.8 Å². The standard InChI is InChI=1S/C20H28ClN5O6S/c1-23(2)20(29)24-11-12-26(17(13-24)19(28)22-30)33(31,32)25-9-7-15(8-10-25)18(27)14-3-5-16(21)6-4-14/h3-6,15,17,30H,7-13H2,1-2H3,(H,22,28)/t17-/m1/s1. The number of hydroxylamine groups is 1. The van der Waals surface area contributed by atoms with Gasteiger partial charge in [0.05, 0.1) is 0 Å². The van der Waals surface area contributed by atoms with Gasteiger partial charge in [-0.05, 0) is 37.1 Å². The molecule has 2 fully saturated rings. The van der Waals surface area contributed by atoms with E-state index in [-0.39, 0.29) is 50.5 Å². The molecule has 0 aliphatic carbocycles. The Hall–Kier alpha value is -2.25. The van der Waals surface area contributed by atoms with Crippen LogP contribution in [0.3, 0.4) is 0 Å². The van der Waals surface area contributed by atoms with Crippen molar-refractivity contribution in [1.29, 1.82) is 0 Å². The Morgan fingerprint density at radius 2 is 1.67 bits per heavy atom. The zero-order chi connectivity index (χ0) is 24.3. The van der Waals surface area contributed by atoms with Gasteiger partial charge in [-0.15, -0.1) is 0 Å². The van der Waals surface area contributed by atoms with Crippen molar-refractivity contribution in [3.8, 4) is 0 Å². The number of halogens is 1. The second-order valence-corrected chi connectivity index (χ2v) is 10.6. The van der Waals surface area contributed by atoms with E-state index >= 15 is 0 Å². The fourth-order valence-corrected chi connectivity index (χ4v) is 6.03. The van der Waals surface area contributed by atoms with E-state index in [2.05, 4.69) is 0 Å². The minimum absolute atomic E-state index is 0.0583. The van der Waals surface area contributed by atoms with E-state index in [1.54, 1.807) is 38.4 Å². The molecule has 1 aromatic carbocycles. The highest BCUT2D eigenvalue weighted by atomic mass is 35.5. The van der Waals surface area contributed by atoms with Crippen LogP contribution in [0.2, 0.25) is 5.02 Å². The summed E-state index contributed by atoms with van der Waals surface area (Å²) in [5, 5.41) is 9.67. The van der Waals surface area contributed by atoms with Crippen LogP contribution in [0.1, 0.15) is 23.2 Å². The summed E-state index contributed by atoms with van der Waals surface area (Å²) in [6.07, 6.45) is 0.688. The number of nitrogens with zero attached hydrogens (tertiary/aromatic N) is 4. The van der Waals surface area contributed by atoms with Crippen molar-refractivity contribution < 1.29 is 28.0 Å². The van der Waals surface area contributed by atoms with Gasteiger partial charge in [-0.2, -0.15) is 17.0 Å². The average Bonchev–Trinajstić information content (AvgIpc) is 2.82. The van der Waals surface area contributed by atoms with Gasteiger partial charge in [0.15, 0.2) is 5.78 Å². The fourth-order valence-electron chi connectivity index (χ4n) is 4.13. The molecule has 2 N–H and O–H groups in total. The first kappa shape index (κ1) is 25.4. The monoisotopic (exact) mass is 501 g/mol. The molecule has 2 saturated heterocycles. The van der Waals surface area contributed by atoms with E-state index in [1.165, 1.54) is 19.6 Å². The number of urea groups is 1. The highest BCUT2D eigenvalue weighted by Gasteiger charge is 2.44. The van der Waals surface area contributed by atoms with Crippen molar-refractivity contribution in [1.82, 2.24) is 23.9 Å². The Morgan fingerprint density at radius 1 is 1.06 bits per heavy atom. The molecule has 33 heavy (non-hydrogen) atoms. The predicted molar refractivity (Wildman–Crippen MR) is 120 cm³/mol. The third-order valence-corrected chi connectivity index (χ3v) is 8.27. The second-order valence-electron chi connectivity index (χ2n) is 8.28. The lowest BCUT2D eigenvalue weighted by Crippen LogP contribution is -2.64. The molecule has 0 aromatic heterocycles. The van der Waals surface area contributed by atoms with Crippen LogP contribution in [0, 0.1) is 5.92 Å². The molecular formula is C20H28ClN5O6S. The number of benzene rings is 1. The van der Waals surface area contributed by atoms with Crippen molar-refractivity contribution in [2.24, 2.45) is 5.92 Å². The molecule has 0 radical (unpaired) electrons. The van der Waals surface area contributed by atoms with E-state index in [4.69, 9.17) is 16.8 Å². The normalized spacial score (nSPS) is 21.0. The molecule has 0 spiro atoms. The summed E-state index contributed by atoms with van der Waals surface area (Å²) in [7, 11) is -0.949. The van der Waals surface area contributed by atoms with Gasteiger partial charge in [0, 0.05) is 63.3 Å². The minimum Gasteiger partial charge on any atom is -0.331 e. The number of nitrogens with one attached hydrogen (secondary N) is 1. The molecule has 1 atom stereocenters. The van der Waals surface area contributed by atoms with Crippen LogP contribution in [0.4, 0.5) is 4.79 Å². The van der Waals surface area contributed by atoms with E-state index in [0.717, 1.165) is 4.31 Å². The molecule has 0 saturated carbocycles. The van der Waals surface area contributed by atoms with Crippen LogP contribution < -0.4 is 5.48 Å². The van der Waals surface area contributed by atoms with E-state index < -0.39 is 22.2 Å². The molecule has 2 aliphatic heterocycles. The largest absolute Gasteiger partial charge is 0.331 e. The zero-order valence-corrected chi connectivity index (χ0v) is 20.0.